The van der Waals surface area contributed by atoms with Crippen LogP contribution in [0.4, 0.5) is 0 Å². The molecule has 0 unspecified atom stereocenters. The maximum absolute atomic E-state index is 5.12. The van der Waals surface area contributed by atoms with E-state index in [0.717, 1.165) is 11.4 Å². The van der Waals surface area contributed by atoms with Gasteiger partial charge in [-0.15, -0.1) is 0 Å². The number of aromatic nitrogens is 3. The molecule has 1 N–H and O–H groups in total. The van der Waals surface area contributed by atoms with Gasteiger partial charge in [0, 0.05) is 5.56 Å². The summed E-state index contributed by atoms with van der Waals surface area (Å²) < 4.78 is 2.10. The van der Waals surface area contributed by atoms with E-state index in [4.69, 9.17) is 12.2 Å². The van der Waals surface area contributed by atoms with E-state index in [1.54, 1.807) is 10.9 Å². The predicted molar refractivity (Wildman–Crippen MR) is 79.1 cm³/mol. The second kappa shape index (κ2) is 4.78. The highest BCUT2D eigenvalue weighted by Gasteiger charge is 1.99. The zero-order chi connectivity index (χ0) is 13.2. The highest BCUT2D eigenvalue weighted by atomic mass is 32.1. The number of H-pyrrole nitrogens is 1. The third-order valence-electron chi connectivity index (χ3n) is 2.95. The molecule has 3 rings (SSSR count). The molecule has 0 atom stereocenters. The van der Waals surface area contributed by atoms with Gasteiger partial charge in [-0.25, -0.2) is 0 Å². The molecule has 1 heterocycles. The van der Waals surface area contributed by atoms with Crippen LogP contribution in [0.15, 0.2) is 47.6 Å². The molecular formula is C14H12N4S. The van der Waals surface area contributed by atoms with Gasteiger partial charge in [0.05, 0.1) is 6.21 Å². The molecule has 0 aliphatic heterocycles. The van der Waals surface area contributed by atoms with Crippen LogP contribution in [0, 0.1) is 11.7 Å². The van der Waals surface area contributed by atoms with Crippen molar-refractivity contribution in [2.75, 3.05) is 0 Å². The molecule has 0 fully saturated rings. The lowest BCUT2D eigenvalue weighted by molar-refractivity contribution is 0.821. The number of hydrogen-bond acceptors (Lipinski definition) is 3. The lowest BCUT2D eigenvalue weighted by Crippen LogP contribution is -1.94. The summed E-state index contributed by atoms with van der Waals surface area (Å²) in [5.74, 6) is 0.737. The van der Waals surface area contributed by atoms with Gasteiger partial charge in [0.15, 0.2) is 0 Å². The van der Waals surface area contributed by atoms with Gasteiger partial charge in [0.25, 0.3) is 0 Å². The van der Waals surface area contributed by atoms with Crippen molar-refractivity contribution in [3.8, 4) is 0 Å². The number of benzene rings is 2. The molecule has 5 heteroatoms. The number of hydrogen-bond donors (Lipinski definition) is 1. The Morgan fingerprint density at radius 1 is 1.21 bits per heavy atom. The summed E-state index contributed by atoms with van der Waals surface area (Å²) in [5, 5.41) is 13.5. The first kappa shape index (κ1) is 11.8. The van der Waals surface area contributed by atoms with Gasteiger partial charge in [-0.1, -0.05) is 42.5 Å². The molecule has 0 radical (unpaired) electrons. The average Bonchev–Trinajstić information content (AvgIpc) is 2.76. The summed E-state index contributed by atoms with van der Waals surface area (Å²) in [4.78, 5) is 0. The van der Waals surface area contributed by atoms with Crippen molar-refractivity contribution in [3.63, 3.8) is 0 Å². The van der Waals surface area contributed by atoms with E-state index in [-0.39, 0.29) is 0 Å². The molecule has 0 bridgehead atoms. The number of aryl methyl sites for hydroxylation is 1. The quantitative estimate of drug-likeness (QED) is 0.572. The fourth-order valence-corrected chi connectivity index (χ4v) is 2.21. The van der Waals surface area contributed by atoms with Crippen LogP contribution in [0.5, 0.6) is 0 Å². The van der Waals surface area contributed by atoms with Crippen molar-refractivity contribution in [3.05, 3.63) is 58.6 Å². The number of fused-ring (bicyclic) bond motifs is 1. The predicted octanol–water partition coefficient (Wildman–Crippen LogP) is 3.28. The van der Waals surface area contributed by atoms with Crippen molar-refractivity contribution < 1.29 is 0 Å². The van der Waals surface area contributed by atoms with Crippen molar-refractivity contribution >= 4 is 29.2 Å². The van der Waals surface area contributed by atoms with E-state index in [1.165, 1.54) is 10.8 Å². The van der Waals surface area contributed by atoms with Crippen LogP contribution >= 0.6 is 12.2 Å². The molecule has 1 aromatic heterocycles. The van der Waals surface area contributed by atoms with E-state index < -0.39 is 0 Å². The largest absolute Gasteiger partial charge is 0.250 e. The molecule has 19 heavy (non-hydrogen) atoms. The van der Waals surface area contributed by atoms with Gasteiger partial charge in [-0.3, -0.25) is 5.10 Å². The van der Waals surface area contributed by atoms with E-state index >= 15 is 0 Å². The van der Waals surface area contributed by atoms with Crippen LogP contribution < -0.4 is 0 Å². The van der Waals surface area contributed by atoms with Crippen LogP contribution in [0.1, 0.15) is 11.4 Å². The molecule has 0 spiro atoms. The summed E-state index contributed by atoms with van der Waals surface area (Å²) in [6, 6.07) is 14.4. The first-order valence-electron chi connectivity index (χ1n) is 5.92. The van der Waals surface area contributed by atoms with E-state index in [0.29, 0.717) is 4.77 Å². The van der Waals surface area contributed by atoms with Gasteiger partial charge in [-0.05, 0) is 29.9 Å². The van der Waals surface area contributed by atoms with Gasteiger partial charge >= 0.3 is 0 Å². The Hall–Kier alpha value is -2.27. The lowest BCUT2D eigenvalue weighted by atomic mass is 10.1. The summed E-state index contributed by atoms with van der Waals surface area (Å²) in [5.41, 5.74) is 1.06. The van der Waals surface area contributed by atoms with Crippen LogP contribution in [-0.2, 0) is 0 Å². The second-order valence-electron chi connectivity index (χ2n) is 4.20. The summed E-state index contributed by atoms with van der Waals surface area (Å²) in [6.45, 7) is 1.85. The molecule has 0 aliphatic rings. The maximum atomic E-state index is 5.12. The summed E-state index contributed by atoms with van der Waals surface area (Å²) in [7, 11) is 0. The maximum Gasteiger partial charge on any atom is 0.216 e. The Labute approximate surface area is 115 Å². The van der Waals surface area contributed by atoms with E-state index in [1.807, 2.05) is 31.2 Å². The topological polar surface area (TPSA) is 46.0 Å². The number of aromatic amines is 1. The van der Waals surface area contributed by atoms with Crippen LogP contribution in [-0.4, -0.2) is 21.1 Å². The van der Waals surface area contributed by atoms with Crippen molar-refractivity contribution in [2.45, 2.75) is 6.92 Å². The van der Waals surface area contributed by atoms with Gasteiger partial charge < -0.3 is 0 Å². The molecule has 0 aliphatic carbocycles. The zero-order valence-corrected chi connectivity index (χ0v) is 11.2. The molecule has 4 nitrogen and oxygen atoms in total. The fraction of sp³-hybridized carbons (Fsp3) is 0.0714. The fourth-order valence-electron chi connectivity index (χ4n) is 1.99. The monoisotopic (exact) mass is 268 g/mol. The third-order valence-corrected chi connectivity index (χ3v) is 3.21. The molecule has 94 valence electrons. The third kappa shape index (κ3) is 2.20. The Bertz CT molecular complexity index is 808. The molecule has 3 aromatic rings. The van der Waals surface area contributed by atoms with Crippen molar-refractivity contribution in [1.29, 1.82) is 0 Å². The normalized spacial score (nSPS) is 11.4. The molecule has 0 amide bonds. The number of nitrogens with zero attached hydrogens (tertiary/aromatic N) is 3. The second-order valence-corrected chi connectivity index (χ2v) is 4.59. The smallest absolute Gasteiger partial charge is 0.216 e. The summed E-state index contributed by atoms with van der Waals surface area (Å²) in [6.07, 6.45) is 1.81. The highest BCUT2D eigenvalue weighted by molar-refractivity contribution is 7.71. The average molecular weight is 268 g/mol. The molecular weight excluding hydrogens is 256 g/mol. The van der Waals surface area contributed by atoms with Crippen LogP contribution in [0.3, 0.4) is 0 Å². The van der Waals surface area contributed by atoms with Gasteiger partial charge in [-0.2, -0.15) is 14.9 Å². The minimum atomic E-state index is 0.494. The van der Waals surface area contributed by atoms with Crippen molar-refractivity contribution in [2.24, 2.45) is 5.10 Å². The van der Waals surface area contributed by atoms with E-state index in [2.05, 4.69) is 33.5 Å². The SMILES string of the molecule is Cc1n[nH]c(=S)n1/N=C/c1cccc2ccccc12. The van der Waals surface area contributed by atoms with Crippen molar-refractivity contribution in [1.82, 2.24) is 14.9 Å². The first-order valence-corrected chi connectivity index (χ1v) is 6.33. The standard InChI is InChI=1S/C14H12N4S/c1-10-16-17-14(19)18(10)15-9-12-7-4-6-11-5-2-3-8-13(11)12/h2-9H,1H3,(H,17,19)/b15-9+. The highest BCUT2D eigenvalue weighted by Crippen LogP contribution is 2.16. The number of nitrogens with one attached hydrogen (secondary N) is 1. The lowest BCUT2D eigenvalue weighted by Gasteiger charge is -2.01. The Morgan fingerprint density at radius 2 is 2.00 bits per heavy atom. The molecule has 0 saturated heterocycles. The Morgan fingerprint density at radius 3 is 2.79 bits per heavy atom. The van der Waals surface area contributed by atoms with Crippen LogP contribution in [0.2, 0.25) is 0 Å². The number of rotatable bonds is 2. The van der Waals surface area contributed by atoms with E-state index in [9.17, 15) is 0 Å². The van der Waals surface area contributed by atoms with Crippen LogP contribution in [0.25, 0.3) is 10.8 Å². The van der Waals surface area contributed by atoms with Gasteiger partial charge in [0.2, 0.25) is 4.77 Å². The zero-order valence-electron chi connectivity index (χ0n) is 10.4. The van der Waals surface area contributed by atoms with Gasteiger partial charge in [0.1, 0.15) is 5.82 Å². The minimum absolute atomic E-state index is 0.494. The Balaban J connectivity index is 2.09. The molecule has 0 saturated carbocycles. The summed E-state index contributed by atoms with van der Waals surface area (Å²) >= 11 is 5.12. The Kier molecular flexibility index (Phi) is 2.97. The first-order chi connectivity index (χ1) is 9.25. The molecule has 2 aromatic carbocycles. The minimum Gasteiger partial charge on any atom is -0.250 e.